The van der Waals surface area contributed by atoms with E-state index < -0.39 is 0 Å². The van der Waals surface area contributed by atoms with E-state index in [1.165, 1.54) is 32.1 Å². The molecule has 0 spiro atoms. The highest BCUT2D eigenvalue weighted by Crippen LogP contribution is 2.37. The number of nitrogens with zero attached hydrogens (tertiary/aromatic N) is 1. The van der Waals surface area contributed by atoms with Crippen molar-refractivity contribution in [2.75, 3.05) is 19.6 Å². The van der Waals surface area contributed by atoms with Gasteiger partial charge in [0.25, 0.3) is 0 Å². The van der Waals surface area contributed by atoms with Crippen LogP contribution in [0.5, 0.6) is 0 Å². The van der Waals surface area contributed by atoms with E-state index in [0.717, 1.165) is 31.5 Å². The molecular weight excluding hydrogens is 198 g/mol. The van der Waals surface area contributed by atoms with Crippen molar-refractivity contribution in [3.05, 3.63) is 0 Å². The second-order valence-electron chi connectivity index (χ2n) is 6.00. The van der Waals surface area contributed by atoms with Gasteiger partial charge >= 0.3 is 0 Å². The molecule has 1 aliphatic carbocycles. The Morgan fingerprint density at radius 1 is 1.38 bits per heavy atom. The van der Waals surface area contributed by atoms with Crippen LogP contribution in [0.4, 0.5) is 0 Å². The van der Waals surface area contributed by atoms with Crippen molar-refractivity contribution < 1.29 is 0 Å². The van der Waals surface area contributed by atoms with E-state index in [1.54, 1.807) is 0 Å². The van der Waals surface area contributed by atoms with E-state index in [-0.39, 0.29) is 0 Å². The Morgan fingerprint density at radius 3 is 2.75 bits per heavy atom. The lowest BCUT2D eigenvalue weighted by Gasteiger charge is -2.34. The summed E-state index contributed by atoms with van der Waals surface area (Å²) >= 11 is 0. The molecule has 0 bridgehead atoms. The highest BCUT2D eigenvalue weighted by molar-refractivity contribution is 5.80. The van der Waals surface area contributed by atoms with Gasteiger partial charge in [-0.1, -0.05) is 13.8 Å². The molecule has 0 aromatic carbocycles. The van der Waals surface area contributed by atoms with E-state index in [4.69, 9.17) is 0 Å². The molecule has 1 saturated carbocycles. The van der Waals surface area contributed by atoms with Gasteiger partial charge in [-0.05, 0) is 43.4 Å². The zero-order chi connectivity index (χ0) is 11.4. The maximum absolute atomic E-state index is 4.44. The molecule has 0 amide bonds. The van der Waals surface area contributed by atoms with Crippen molar-refractivity contribution in [1.29, 1.82) is 0 Å². The van der Waals surface area contributed by atoms with E-state index >= 15 is 0 Å². The number of nitrogens with one attached hydrogen (secondary N) is 2. The lowest BCUT2D eigenvalue weighted by molar-refractivity contribution is 0.192. The van der Waals surface area contributed by atoms with Crippen molar-refractivity contribution in [3.63, 3.8) is 0 Å². The standard InChI is InChI=1S/C13H25N3/c1-13(2)6-4-11(5-7-13)10-16-12-14-8-3-9-15-12/h11H,3-10H2,1-2H3,(H2,14,15,16). The van der Waals surface area contributed by atoms with E-state index in [9.17, 15) is 0 Å². The van der Waals surface area contributed by atoms with Gasteiger partial charge in [-0.25, -0.2) is 0 Å². The molecule has 92 valence electrons. The largest absolute Gasteiger partial charge is 0.356 e. The van der Waals surface area contributed by atoms with Gasteiger partial charge in [0, 0.05) is 19.6 Å². The fourth-order valence-corrected chi connectivity index (χ4v) is 2.56. The average molecular weight is 223 g/mol. The zero-order valence-electron chi connectivity index (χ0n) is 10.7. The first-order valence-electron chi connectivity index (χ1n) is 6.68. The maximum Gasteiger partial charge on any atom is 0.191 e. The molecule has 2 rings (SSSR count). The van der Waals surface area contributed by atoms with Gasteiger partial charge in [0.05, 0.1) is 0 Å². The molecule has 0 saturated heterocycles. The summed E-state index contributed by atoms with van der Waals surface area (Å²) < 4.78 is 0. The summed E-state index contributed by atoms with van der Waals surface area (Å²) in [7, 11) is 0. The Labute approximate surface area is 99.1 Å². The molecule has 1 aliphatic heterocycles. The number of guanidine groups is 1. The molecule has 0 unspecified atom stereocenters. The van der Waals surface area contributed by atoms with Crippen molar-refractivity contribution in [3.8, 4) is 0 Å². The van der Waals surface area contributed by atoms with Gasteiger partial charge in [0.2, 0.25) is 0 Å². The molecule has 2 N–H and O–H groups in total. The Kier molecular flexibility index (Phi) is 3.72. The van der Waals surface area contributed by atoms with Crippen LogP contribution in [-0.2, 0) is 0 Å². The molecule has 3 nitrogen and oxygen atoms in total. The summed E-state index contributed by atoms with van der Waals surface area (Å²) in [4.78, 5) is 4.44. The smallest absolute Gasteiger partial charge is 0.191 e. The highest BCUT2D eigenvalue weighted by Gasteiger charge is 2.26. The third kappa shape index (κ3) is 3.39. The fraction of sp³-hybridized carbons (Fsp3) is 0.923. The van der Waals surface area contributed by atoms with Crippen molar-refractivity contribution in [1.82, 2.24) is 10.6 Å². The predicted molar refractivity (Wildman–Crippen MR) is 68.7 cm³/mol. The van der Waals surface area contributed by atoms with E-state index in [0.29, 0.717) is 5.41 Å². The Balaban J connectivity index is 1.69. The summed E-state index contributed by atoms with van der Waals surface area (Å²) in [5.41, 5.74) is 0.580. The molecule has 0 atom stereocenters. The third-order valence-corrected chi connectivity index (χ3v) is 3.91. The minimum Gasteiger partial charge on any atom is -0.356 e. The van der Waals surface area contributed by atoms with E-state index in [2.05, 4.69) is 29.5 Å². The Morgan fingerprint density at radius 2 is 2.12 bits per heavy atom. The molecular formula is C13H25N3. The highest BCUT2D eigenvalue weighted by atomic mass is 15.2. The Bertz CT molecular complexity index is 248. The summed E-state index contributed by atoms with van der Waals surface area (Å²) in [6.45, 7) is 7.94. The Hall–Kier alpha value is -0.730. The molecule has 0 radical (unpaired) electrons. The second-order valence-corrected chi connectivity index (χ2v) is 6.00. The van der Waals surface area contributed by atoms with Gasteiger partial charge in [-0.2, -0.15) is 0 Å². The number of hydrogen-bond donors (Lipinski definition) is 2. The first-order chi connectivity index (χ1) is 7.66. The first kappa shape index (κ1) is 11.7. The summed E-state index contributed by atoms with van der Waals surface area (Å²) in [6, 6.07) is 0. The van der Waals surface area contributed by atoms with Gasteiger partial charge in [-0.3, -0.25) is 4.99 Å². The molecule has 1 fully saturated rings. The van der Waals surface area contributed by atoms with Crippen LogP contribution in [0.15, 0.2) is 4.99 Å². The number of aliphatic imine (C=N–C) groups is 1. The lowest BCUT2D eigenvalue weighted by Crippen LogP contribution is -2.43. The SMILES string of the molecule is CC1(C)CCC(CNC2=NCCCN2)CC1. The van der Waals surface area contributed by atoms with Crippen LogP contribution >= 0.6 is 0 Å². The summed E-state index contributed by atoms with van der Waals surface area (Å²) in [5.74, 6) is 1.87. The minimum absolute atomic E-state index is 0.580. The van der Waals surface area contributed by atoms with Crippen LogP contribution < -0.4 is 10.6 Å². The molecule has 3 heteroatoms. The van der Waals surface area contributed by atoms with Gasteiger partial charge < -0.3 is 10.6 Å². The van der Waals surface area contributed by atoms with Gasteiger partial charge in [0.1, 0.15) is 0 Å². The van der Waals surface area contributed by atoms with Crippen LogP contribution in [0.1, 0.15) is 46.0 Å². The van der Waals surface area contributed by atoms with Crippen LogP contribution in [0.25, 0.3) is 0 Å². The van der Waals surface area contributed by atoms with Crippen molar-refractivity contribution in [2.45, 2.75) is 46.0 Å². The minimum atomic E-state index is 0.580. The summed E-state index contributed by atoms with van der Waals surface area (Å²) in [6.07, 6.45) is 6.65. The predicted octanol–water partition coefficient (Wildman–Crippen LogP) is 2.14. The molecule has 16 heavy (non-hydrogen) atoms. The lowest BCUT2D eigenvalue weighted by atomic mass is 9.73. The van der Waals surface area contributed by atoms with Gasteiger partial charge in [0.15, 0.2) is 5.96 Å². The van der Waals surface area contributed by atoms with Crippen LogP contribution in [0.3, 0.4) is 0 Å². The number of rotatable bonds is 2. The quantitative estimate of drug-likeness (QED) is 0.752. The number of hydrogen-bond acceptors (Lipinski definition) is 3. The summed E-state index contributed by atoms with van der Waals surface area (Å²) in [5, 5.41) is 6.77. The molecule has 1 heterocycles. The first-order valence-corrected chi connectivity index (χ1v) is 6.68. The average Bonchev–Trinajstić information content (AvgIpc) is 2.29. The zero-order valence-corrected chi connectivity index (χ0v) is 10.7. The van der Waals surface area contributed by atoms with Crippen molar-refractivity contribution >= 4 is 5.96 Å². The molecule has 0 aromatic rings. The van der Waals surface area contributed by atoms with Crippen molar-refractivity contribution in [2.24, 2.45) is 16.3 Å². The molecule has 2 aliphatic rings. The van der Waals surface area contributed by atoms with Crippen LogP contribution in [0.2, 0.25) is 0 Å². The van der Waals surface area contributed by atoms with E-state index in [1.807, 2.05) is 0 Å². The maximum atomic E-state index is 4.44. The second kappa shape index (κ2) is 5.07. The topological polar surface area (TPSA) is 36.4 Å². The molecule has 0 aromatic heterocycles. The normalized spacial score (nSPS) is 25.8. The van der Waals surface area contributed by atoms with Crippen LogP contribution in [-0.4, -0.2) is 25.6 Å². The fourth-order valence-electron chi connectivity index (χ4n) is 2.56. The third-order valence-electron chi connectivity index (χ3n) is 3.91. The van der Waals surface area contributed by atoms with Gasteiger partial charge in [-0.15, -0.1) is 0 Å². The van der Waals surface area contributed by atoms with Crippen LogP contribution in [0, 0.1) is 11.3 Å². The monoisotopic (exact) mass is 223 g/mol.